The summed E-state index contributed by atoms with van der Waals surface area (Å²) < 4.78 is 0. The van der Waals surface area contributed by atoms with Crippen molar-refractivity contribution < 1.29 is 0 Å². The largest absolute Gasteiger partial charge is 0.278 e. The Labute approximate surface area is 136 Å². The van der Waals surface area contributed by atoms with Crippen molar-refractivity contribution in [3.8, 4) is 0 Å². The minimum absolute atomic E-state index is 0.882. The smallest absolute Gasteiger partial charge is 0.142 e. The molecule has 0 saturated heterocycles. The molecule has 3 heteroatoms. The number of benzene rings is 1. The van der Waals surface area contributed by atoms with Gasteiger partial charge in [-0.05, 0) is 55.2 Å². The normalized spacial score (nSPS) is 12.7. The molecule has 3 heterocycles. The summed E-state index contributed by atoms with van der Waals surface area (Å²) in [6.07, 6.45) is 4.60. The molecule has 23 heavy (non-hydrogen) atoms. The minimum Gasteiger partial charge on any atom is -0.278 e. The van der Waals surface area contributed by atoms with E-state index < -0.39 is 0 Å². The summed E-state index contributed by atoms with van der Waals surface area (Å²) >= 11 is 0. The van der Waals surface area contributed by atoms with Crippen molar-refractivity contribution >= 4 is 17.3 Å². The molecular weight excluding hydrogens is 282 g/mol. The first-order valence-electron chi connectivity index (χ1n) is 7.91. The predicted octanol–water partition coefficient (Wildman–Crippen LogP) is 4.78. The standard InChI is InChI=1S/C20H19N3/c1-13-10-14(2)18(15(3)11-13)23-19-16(6-4-8-21-19)12-17-7-5-9-22-20(17)23/h4-11H,12H2,1-3H3. The summed E-state index contributed by atoms with van der Waals surface area (Å²) in [5.41, 5.74) is 7.45. The maximum Gasteiger partial charge on any atom is 0.142 e. The summed E-state index contributed by atoms with van der Waals surface area (Å²) in [6, 6.07) is 12.8. The molecule has 0 unspecified atom stereocenters. The lowest BCUT2D eigenvalue weighted by Gasteiger charge is -2.33. The van der Waals surface area contributed by atoms with E-state index in [1.54, 1.807) is 0 Å². The number of aryl methyl sites for hydroxylation is 3. The zero-order chi connectivity index (χ0) is 16.0. The second-order valence-electron chi connectivity index (χ2n) is 6.23. The molecule has 1 aliphatic rings. The fourth-order valence-electron chi connectivity index (χ4n) is 3.58. The number of nitrogens with zero attached hydrogens (tertiary/aromatic N) is 3. The molecule has 3 nitrogen and oxygen atoms in total. The molecule has 1 aromatic carbocycles. The fraction of sp³-hybridized carbons (Fsp3) is 0.200. The molecule has 2 aromatic heterocycles. The van der Waals surface area contributed by atoms with Crippen molar-refractivity contribution in [2.75, 3.05) is 4.90 Å². The third kappa shape index (κ3) is 2.20. The van der Waals surface area contributed by atoms with Crippen LogP contribution in [0.15, 0.2) is 48.8 Å². The summed E-state index contributed by atoms with van der Waals surface area (Å²) in [7, 11) is 0. The minimum atomic E-state index is 0.882. The fourth-order valence-corrected chi connectivity index (χ4v) is 3.58. The Morgan fingerprint density at radius 1 is 0.826 bits per heavy atom. The first-order valence-corrected chi connectivity index (χ1v) is 7.91. The van der Waals surface area contributed by atoms with Crippen LogP contribution in [0.25, 0.3) is 0 Å². The van der Waals surface area contributed by atoms with Gasteiger partial charge in [0, 0.05) is 18.8 Å². The van der Waals surface area contributed by atoms with Crippen LogP contribution in [-0.4, -0.2) is 9.97 Å². The molecule has 0 saturated carbocycles. The maximum atomic E-state index is 4.67. The van der Waals surface area contributed by atoms with E-state index in [2.05, 4.69) is 59.9 Å². The van der Waals surface area contributed by atoms with Gasteiger partial charge in [0.15, 0.2) is 0 Å². The molecule has 0 N–H and O–H groups in total. The second-order valence-corrected chi connectivity index (χ2v) is 6.23. The molecule has 0 radical (unpaired) electrons. The Balaban J connectivity index is 2.02. The van der Waals surface area contributed by atoms with Gasteiger partial charge in [0.05, 0.1) is 5.69 Å². The Morgan fingerprint density at radius 3 is 1.87 bits per heavy atom. The number of anilines is 3. The Morgan fingerprint density at radius 2 is 1.35 bits per heavy atom. The van der Waals surface area contributed by atoms with E-state index in [-0.39, 0.29) is 0 Å². The highest BCUT2D eigenvalue weighted by Gasteiger charge is 2.27. The highest BCUT2D eigenvalue weighted by atomic mass is 15.3. The average Bonchev–Trinajstić information content (AvgIpc) is 2.53. The topological polar surface area (TPSA) is 29.0 Å². The van der Waals surface area contributed by atoms with E-state index in [4.69, 9.17) is 0 Å². The molecule has 3 aromatic rings. The highest BCUT2D eigenvalue weighted by molar-refractivity contribution is 5.82. The van der Waals surface area contributed by atoms with Gasteiger partial charge in [-0.25, -0.2) is 9.97 Å². The Kier molecular flexibility index (Phi) is 3.15. The molecule has 4 rings (SSSR count). The predicted molar refractivity (Wildman–Crippen MR) is 93.7 cm³/mol. The molecule has 0 amide bonds. The maximum absolute atomic E-state index is 4.67. The molecule has 0 fully saturated rings. The summed E-state index contributed by atoms with van der Waals surface area (Å²) in [6.45, 7) is 6.46. The lowest BCUT2D eigenvalue weighted by molar-refractivity contribution is 0.991. The van der Waals surface area contributed by atoms with Gasteiger partial charge >= 0.3 is 0 Å². The van der Waals surface area contributed by atoms with E-state index in [0.29, 0.717) is 0 Å². The lowest BCUT2D eigenvalue weighted by atomic mass is 9.98. The average molecular weight is 301 g/mol. The molecular formula is C20H19N3. The molecule has 1 aliphatic heterocycles. The summed E-state index contributed by atoms with van der Waals surface area (Å²) in [5, 5.41) is 0. The van der Waals surface area contributed by atoms with Crippen molar-refractivity contribution in [1.29, 1.82) is 0 Å². The summed E-state index contributed by atoms with van der Waals surface area (Å²) in [5.74, 6) is 1.99. The molecule has 0 aliphatic carbocycles. The SMILES string of the molecule is Cc1cc(C)c(N2c3ncccc3Cc3cccnc32)c(C)c1. The summed E-state index contributed by atoms with van der Waals surface area (Å²) in [4.78, 5) is 11.6. The third-order valence-electron chi connectivity index (χ3n) is 4.40. The van der Waals surface area contributed by atoms with E-state index >= 15 is 0 Å². The Hall–Kier alpha value is -2.68. The molecule has 0 atom stereocenters. The van der Waals surface area contributed by atoms with Crippen LogP contribution in [0.3, 0.4) is 0 Å². The quantitative estimate of drug-likeness (QED) is 0.507. The van der Waals surface area contributed by atoms with Gasteiger partial charge in [0.1, 0.15) is 11.6 Å². The van der Waals surface area contributed by atoms with Gasteiger partial charge in [-0.15, -0.1) is 0 Å². The first-order chi connectivity index (χ1) is 11.1. The van der Waals surface area contributed by atoms with Crippen LogP contribution >= 0.6 is 0 Å². The number of rotatable bonds is 1. The van der Waals surface area contributed by atoms with Crippen molar-refractivity contribution in [2.24, 2.45) is 0 Å². The van der Waals surface area contributed by atoms with E-state index in [0.717, 1.165) is 18.1 Å². The highest BCUT2D eigenvalue weighted by Crippen LogP contribution is 2.43. The number of hydrogen-bond donors (Lipinski definition) is 0. The van der Waals surface area contributed by atoms with E-state index in [9.17, 15) is 0 Å². The van der Waals surface area contributed by atoms with Gasteiger partial charge in [0.2, 0.25) is 0 Å². The van der Waals surface area contributed by atoms with Crippen molar-refractivity contribution in [1.82, 2.24) is 9.97 Å². The zero-order valence-electron chi connectivity index (χ0n) is 13.7. The number of aromatic nitrogens is 2. The van der Waals surface area contributed by atoms with Crippen LogP contribution in [0.1, 0.15) is 27.8 Å². The van der Waals surface area contributed by atoms with Gasteiger partial charge in [-0.1, -0.05) is 29.8 Å². The molecule has 114 valence electrons. The van der Waals surface area contributed by atoms with Crippen LogP contribution in [-0.2, 0) is 6.42 Å². The van der Waals surface area contributed by atoms with E-state index in [1.807, 2.05) is 24.5 Å². The van der Waals surface area contributed by atoms with Gasteiger partial charge in [0.25, 0.3) is 0 Å². The molecule has 0 spiro atoms. The number of pyridine rings is 2. The monoisotopic (exact) mass is 301 g/mol. The number of hydrogen-bond acceptors (Lipinski definition) is 3. The zero-order valence-corrected chi connectivity index (χ0v) is 13.7. The van der Waals surface area contributed by atoms with Crippen LogP contribution in [0.4, 0.5) is 17.3 Å². The van der Waals surface area contributed by atoms with Crippen LogP contribution in [0, 0.1) is 20.8 Å². The second kappa shape index (κ2) is 5.20. The van der Waals surface area contributed by atoms with Crippen LogP contribution in [0.2, 0.25) is 0 Å². The third-order valence-corrected chi connectivity index (χ3v) is 4.40. The lowest BCUT2D eigenvalue weighted by Crippen LogP contribution is -2.22. The van der Waals surface area contributed by atoms with E-state index in [1.165, 1.54) is 33.5 Å². The van der Waals surface area contributed by atoms with Crippen molar-refractivity contribution in [2.45, 2.75) is 27.2 Å². The van der Waals surface area contributed by atoms with Crippen LogP contribution < -0.4 is 4.90 Å². The molecule has 0 bridgehead atoms. The first kappa shape index (κ1) is 13.9. The van der Waals surface area contributed by atoms with Crippen LogP contribution in [0.5, 0.6) is 0 Å². The van der Waals surface area contributed by atoms with Gasteiger partial charge in [-0.3, -0.25) is 4.90 Å². The Bertz CT molecular complexity index is 830. The van der Waals surface area contributed by atoms with Crippen molar-refractivity contribution in [3.63, 3.8) is 0 Å². The number of fused-ring (bicyclic) bond motifs is 2. The van der Waals surface area contributed by atoms with Gasteiger partial charge < -0.3 is 0 Å². The van der Waals surface area contributed by atoms with Crippen molar-refractivity contribution in [3.05, 3.63) is 76.6 Å². The van der Waals surface area contributed by atoms with Gasteiger partial charge in [-0.2, -0.15) is 0 Å².